The summed E-state index contributed by atoms with van der Waals surface area (Å²) in [6, 6.07) is 40.3. The molecule has 0 saturated carbocycles. The van der Waals surface area contributed by atoms with Crippen LogP contribution in [0, 0.1) is 0 Å². The van der Waals surface area contributed by atoms with E-state index in [1.807, 2.05) is 30.3 Å². The van der Waals surface area contributed by atoms with E-state index in [0.29, 0.717) is 5.75 Å². The van der Waals surface area contributed by atoms with Crippen molar-refractivity contribution >= 4 is 40.0 Å². The van der Waals surface area contributed by atoms with Crippen LogP contribution in [0.4, 0.5) is 0 Å². The quantitative estimate of drug-likeness (QED) is 0.241. The molecular formula is C30H21BO2. The Bertz CT molecular complexity index is 1590. The first-order valence-electron chi connectivity index (χ1n) is 11.1. The molecule has 6 rings (SSSR count). The maximum atomic E-state index is 9.38. The van der Waals surface area contributed by atoms with Crippen molar-refractivity contribution in [2.45, 2.75) is 0 Å². The maximum Gasteiger partial charge on any atom is 0.504 e. The largest absolute Gasteiger partial charge is 0.539 e. The molecule has 0 heterocycles. The molecule has 0 unspecified atom stereocenters. The molecule has 0 fully saturated rings. The average molecular weight is 424 g/mol. The summed E-state index contributed by atoms with van der Waals surface area (Å²) in [4.78, 5) is 0. The Kier molecular flexibility index (Phi) is 4.82. The standard InChI is InChI=1S/C30H21BO2/c32-31-33-24-17-22(20-8-2-1-3-9-20)16-23(18-24)21-14-15-29-27-12-5-4-10-25(27)26-11-6-7-13-28(26)30(29)19-21/h1-19,31-32H. The SMILES string of the molecule is OBOc1cc(-c2ccccc2)cc(-c2ccc3c4ccccc4c4ccccc4c3c2)c1. The predicted octanol–water partition coefficient (Wildman–Crippen LogP) is 7.12. The van der Waals surface area contributed by atoms with Crippen molar-refractivity contribution in [3.05, 3.63) is 115 Å². The second kappa shape index (κ2) is 8.12. The lowest BCUT2D eigenvalue weighted by atomic mass is 9.91. The second-order valence-electron chi connectivity index (χ2n) is 8.24. The Balaban J connectivity index is 1.62. The molecule has 0 radical (unpaired) electrons. The minimum absolute atomic E-state index is 0.355. The highest BCUT2D eigenvalue weighted by Gasteiger charge is 2.11. The third kappa shape index (κ3) is 3.43. The van der Waals surface area contributed by atoms with Crippen molar-refractivity contribution in [2.24, 2.45) is 0 Å². The molecule has 156 valence electrons. The highest BCUT2D eigenvalue weighted by Crippen LogP contribution is 2.38. The van der Waals surface area contributed by atoms with E-state index < -0.39 is 0 Å². The van der Waals surface area contributed by atoms with Gasteiger partial charge in [0.2, 0.25) is 0 Å². The summed E-state index contributed by atoms with van der Waals surface area (Å²) in [5, 5.41) is 16.9. The van der Waals surface area contributed by atoms with Crippen LogP contribution in [0.1, 0.15) is 0 Å². The van der Waals surface area contributed by atoms with Crippen LogP contribution in [0.15, 0.2) is 115 Å². The van der Waals surface area contributed by atoms with Gasteiger partial charge in [-0.15, -0.1) is 0 Å². The van der Waals surface area contributed by atoms with Crippen molar-refractivity contribution in [1.82, 2.24) is 0 Å². The molecule has 0 spiro atoms. The molecule has 0 aliphatic rings. The van der Waals surface area contributed by atoms with Crippen LogP contribution in [-0.2, 0) is 0 Å². The van der Waals surface area contributed by atoms with Crippen molar-refractivity contribution in [1.29, 1.82) is 0 Å². The van der Waals surface area contributed by atoms with E-state index in [2.05, 4.69) is 84.9 Å². The number of rotatable bonds is 4. The lowest BCUT2D eigenvalue weighted by Gasteiger charge is -2.14. The molecule has 0 aliphatic carbocycles. The first-order chi connectivity index (χ1) is 16.3. The third-order valence-corrected chi connectivity index (χ3v) is 6.32. The van der Waals surface area contributed by atoms with Gasteiger partial charge in [-0.25, -0.2) is 0 Å². The normalized spacial score (nSPS) is 11.2. The summed E-state index contributed by atoms with van der Waals surface area (Å²) < 4.78 is 5.50. The monoisotopic (exact) mass is 424 g/mol. The molecule has 0 aliphatic heterocycles. The van der Waals surface area contributed by atoms with Crippen molar-refractivity contribution in [3.63, 3.8) is 0 Å². The van der Waals surface area contributed by atoms with Crippen molar-refractivity contribution < 1.29 is 9.68 Å². The molecule has 0 saturated heterocycles. The lowest BCUT2D eigenvalue weighted by molar-refractivity contribution is 0.454. The highest BCUT2D eigenvalue weighted by molar-refractivity contribution is 6.25. The molecule has 1 N–H and O–H groups in total. The summed E-state index contributed by atoms with van der Waals surface area (Å²) in [5.74, 6) is 0.650. The molecule has 0 atom stereocenters. The van der Waals surface area contributed by atoms with Crippen molar-refractivity contribution in [3.8, 4) is 28.0 Å². The smallest absolute Gasteiger partial charge is 0.504 e. The Morgan fingerprint density at radius 3 is 1.55 bits per heavy atom. The van der Waals surface area contributed by atoms with E-state index in [9.17, 15) is 5.02 Å². The van der Waals surface area contributed by atoms with Gasteiger partial charge in [0.25, 0.3) is 0 Å². The minimum atomic E-state index is -0.355. The lowest BCUT2D eigenvalue weighted by Crippen LogP contribution is -2.00. The molecule has 0 bridgehead atoms. The van der Waals surface area contributed by atoms with Crippen LogP contribution in [-0.4, -0.2) is 12.7 Å². The van der Waals surface area contributed by atoms with Gasteiger partial charge in [0.15, 0.2) is 0 Å². The van der Waals surface area contributed by atoms with E-state index in [4.69, 9.17) is 4.65 Å². The Hall–Kier alpha value is -4.08. The fourth-order valence-corrected chi connectivity index (χ4v) is 4.81. The highest BCUT2D eigenvalue weighted by atomic mass is 16.5. The third-order valence-electron chi connectivity index (χ3n) is 6.32. The zero-order valence-electron chi connectivity index (χ0n) is 18.0. The van der Waals surface area contributed by atoms with Crippen LogP contribution >= 0.6 is 0 Å². The van der Waals surface area contributed by atoms with E-state index in [-0.39, 0.29) is 7.69 Å². The molecule has 0 amide bonds. The zero-order valence-corrected chi connectivity index (χ0v) is 18.0. The topological polar surface area (TPSA) is 29.5 Å². The number of hydrogen-bond donors (Lipinski definition) is 1. The van der Waals surface area contributed by atoms with Gasteiger partial charge >= 0.3 is 7.69 Å². The minimum Gasteiger partial charge on any atom is -0.539 e. The van der Waals surface area contributed by atoms with Crippen LogP contribution in [0.5, 0.6) is 5.75 Å². The van der Waals surface area contributed by atoms with Gasteiger partial charge < -0.3 is 9.68 Å². The fourth-order valence-electron chi connectivity index (χ4n) is 4.81. The van der Waals surface area contributed by atoms with Gasteiger partial charge in [-0.2, -0.15) is 0 Å². The molecule has 0 aromatic heterocycles. The summed E-state index contributed by atoms with van der Waals surface area (Å²) >= 11 is 0. The molecular weight excluding hydrogens is 403 g/mol. The van der Waals surface area contributed by atoms with Gasteiger partial charge in [0, 0.05) is 0 Å². The summed E-state index contributed by atoms with van der Waals surface area (Å²) in [7, 11) is -0.355. The van der Waals surface area contributed by atoms with Gasteiger partial charge in [-0.3, -0.25) is 0 Å². The molecule has 2 nitrogen and oxygen atoms in total. The second-order valence-corrected chi connectivity index (χ2v) is 8.24. The summed E-state index contributed by atoms with van der Waals surface area (Å²) in [5.41, 5.74) is 4.34. The van der Waals surface area contributed by atoms with Gasteiger partial charge in [-0.05, 0) is 78.8 Å². The Morgan fingerprint density at radius 1 is 0.424 bits per heavy atom. The van der Waals surface area contributed by atoms with E-state index in [1.165, 1.54) is 32.3 Å². The van der Waals surface area contributed by atoms with E-state index in [1.54, 1.807) is 0 Å². The van der Waals surface area contributed by atoms with Gasteiger partial charge in [0.05, 0.1) is 0 Å². The van der Waals surface area contributed by atoms with Crippen LogP contribution < -0.4 is 4.65 Å². The summed E-state index contributed by atoms with van der Waals surface area (Å²) in [6.07, 6.45) is 0. The Morgan fingerprint density at radius 2 is 0.939 bits per heavy atom. The van der Waals surface area contributed by atoms with E-state index in [0.717, 1.165) is 22.3 Å². The molecule has 6 aromatic carbocycles. The average Bonchev–Trinajstić information content (AvgIpc) is 2.89. The van der Waals surface area contributed by atoms with E-state index >= 15 is 0 Å². The molecule has 33 heavy (non-hydrogen) atoms. The Labute approximate surface area is 193 Å². The number of hydrogen-bond acceptors (Lipinski definition) is 2. The zero-order chi connectivity index (χ0) is 22.2. The van der Waals surface area contributed by atoms with Gasteiger partial charge in [0.1, 0.15) is 5.75 Å². The number of benzene rings is 6. The molecule has 6 aromatic rings. The maximum absolute atomic E-state index is 9.38. The van der Waals surface area contributed by atoms with Crippen LogP contribution in [0.3, 0.4) is 0 Å². The fraction of sp³-hybridized carbons (Fsp3) is 0. The first kappa shape index (κ1) is 19.6. The first-order valence-corrected chi connectivity index (χ1v) is 11.1. The number of fused-ring (bicyclic) bond motifs is 6. The molecule has 3 heteroatoms. The van der Waals surface area contributed by atoms with Crippen LogP contribution in [0.25, 0.3) is 54.6 Å². The van der Waals surface area contributed by atoms with Crippen molar-refractivity contribution in [2.75, 3.05) is 0 Å². The summed E-state index contributed by atoms with van der Waals surface area (Å²) in [6.45, 7) is 0. The van der Waals surface area contributed by atoms with Crippen LogP contribution in [0.2, 0.25) is 0 Å². The van der Waals surface area contributed by atoms with Gasteiger partial charge in [-0.1, -0.05) is 91.0 Å². The predicted molar refractivity (Wildman–Crippen MR) is 140 cm³/mol.